The number of benzene rings is 1. The number of rotatable bonds is 7. The van der Waals surface area contributed by atoms with E-state index in [1.165, 1.54) is 9.80 Å². The van der Waals surface area contributed by atoms with Crippen LogP contribution in [0.3, 0.4) is 0 Å². The molecule has 2 aliphatic heterocycles. The van der Waals surface area contributed by atoms with Crippen molar-refractivity contribution in [3.63, 3.8) is 0 Å². The fourth-order valence-electron chi connectivity index (χ4n) is 5.67. The maximum atomic E-state index is 14.1. The van der Waals surface area contributed by atoms with Gasteiger partial charge in [-0.2, -0.15) is 5.26 Å². The molecular weight excluding hydrogens is 492 g/mol. The molecule has 3 amide bonds. The van der Waals surface area contributed by atoms with Crippen molar-refractivity contribution in [1.29, 1.82) is 10.7 Å². The van der Waals surface area contributed by atoms with Gasteiger partial charge in [-0.3, -0.25) is 14.4 Å². The van der Waals surface area contributed by atoms with E-state index >= 15 is 0 Å². The lowest BCUT2D eigenvalue weighted by atomic mass is 9.80. The van der Waals surface area contributed by atoms with Crippen molar-refractivity contribution in [2.24, 2.45) is 5.92 Å². The molecule has 0 unspecified atom stereocenters. The van der Waals surface area contributed by atoms with Gasteiger partial charge in [-0.1, -0.05) is 32.0 Å². The Bertz CT molecular complexity index is 1360. The number of likely N-dealkylation sites (N-methyl/N-ethyl adjacent to an activating group) is 1. The number of carbonyl (C=O) groups is 3. The molecule has 1 saturated heterocycles. The molecule has 9 nitrogen and oxygen atoms in total. The van der Waals surface area contributed by atoms with E-state index in [4.69, 9.17) is 5.41 Å². The summed E-state index contributed by atoms with van der Waals surface area (Å²) in [6.45, 7) is 4.05. The Hall–Kier alpha value is -4.19. The van der Waals surface area contributed by atoms with Gasteiger partial charge in [-0.05, 0) is 55.0 Å². The van der Waals surface area contributed by atoms with Crippen LogP contribution in [0.1, 0.15) is 45.1 Å². The van der Waals surface area contributed by atoms with Crippen LogP contribution in [0, 0.1) is 22.7 Å². The first-order chi connectivity index (χ1) is 18.6. The lowest BCUT2D eigenvalue weighted by molar-refractivity contribution is -0.143. The van der Waals surface area contributed by atoms with Gasteiger partial charge < -0.3 is 25.8 Å². The molecule has 2 aliphatic carbocycles. The number of hydrogen-bond donors (Lipinski definition) is 3. The number of nitrogens with zero attached hydrogens (tertiary/aromatic N) is 3. The first-order valence-corrected chi connectivity index (χ1v) is 13.5. The van der Waals surface area contributed by atoms with E-state index in [2.05, 4.69) is 16.7 Å². The number of nitrogens with one attached hydrogen (secondary N) is 3. The third-order valence-electron chi connectivity index (χ3n) is 8.03. The zero-order valence-electron chi connectivity index (χ0n) is 22.5. The van der Waals surface area contributed by atoms with Gasteiger partial charge in [-0.25, -0.2) is 0 Å². The molecule has 5 rings (SSSR count). The molecule has 9 heteroatoms. The summed E-state index contributed by atoms with van der Waals surface area (Å²) in [5.74, 6) is -0.770. The predicted octanol–water partition coefficient (Wildman–Crippen LogP) is 3.03. The third-order valence-corrected chi connectivity index (χ3v) is 8.03. The van der Waals surface area contributed by atoms with Crippen LogP contribution < -0.4 is 10.6 Å². The zero-order chi connectivity index (χ0) is 27.9. The summed E-state index contributed by atoms with van der Waals surface area (Å²) in [7, 11) is 1.61. The van der Waals surface area contributed by atoms with Crippen molar-refractivity contribution in [2.45, 2.75) is 63.1 Å². The second-order valence-electron chi connectivity index (χ2n) is 11.3. The van der Waals surface area contributed by atoms with Crippen molar-refractivity contribution < 1.29 is 14.4 Å². The summed E-state index contributed by atoms with van der Waals surface area (Å²) in [4.78, 5) is 43.9. The number of para-hydroxylation sites is 1. The molecule has 3 atom stereocenters. The first kappa shape index (κ1) is 26.4. The number of allylic oxidation sites excluding steroid dienone is 3. The smallest absolute Gasteiger partial charge is 0.254 e. The number of anilines is 1. The van der Waals surface area contributed by atoms with Gasteiger partial charge in [0.15, 0.2) is 0 Å². The van der Waals surface area contributed by atoms with Gasteiger partial charge in [-0.15, -0.1) is 0 Å². The fourth-order valence-corrected chi connectivity index (χ4v) is 5.67. The SMILES string of the molecule is CC(C)C[C@@H](C(=O)N1C[C@]2(C[C@H]1C#N)C(=O)Nc1ccccc12)N(C)C(=O)C1=C/C(=C/NC2CC2)C(=N)C=C1. The van der Waals surface area contributed by atoms with Gasteiger partial charge >= 0.3 is 0 Å². The number of amides is 3. The minimum Gasteiger partial charge on any atom is -0.388 e. The topological polar surface area (TPSA) is 129 Å². The molecule has 202 valence electrons. The summed E-state index contributed by atoms with van der Waals surface area (Å²) in [5.41, 5.74) is 1.84. The summed E-state index contributed by atoms with van der Waals surface area (Å²) in [5, 5.41) is 24.4. The molecule has 0 aromatic heterocycles. The molecule has 1 saturated carbocycles. The predicted molar refractivity (Wildman–Crippen MR) is 148 cm³/mol. The minimum atomic E-state index is -0.985. The Balaban J connectivity index is 1.41. The molecule has 1 spiro atoms. The summed E-state index contributed by atoms with van der Waals surface area (Å²) in [6, 6.07) is 8.46. The van der Waals surface area contributed by atoms with E-state index in [0.29, 0.717) is 35.0 Å². The lowest BCUT2D eigenvalue weighted by Crippen LogP contribution is -2.52. The second kappa shape index (κ2) is 10.2. The number of likely N-dealkylation sites (tertiary alicyclic amines) is 1. The molecule has 0 bridgehead atoms. The van der Waals surface area contributed by atoms with Crippen LogP contribution in [0.25, 0.3) is 0 Å². The largest absolute Gasteiger partial charge is 0.388 e. The van der Waals surface area contributed by atoms with Gasteiger partial charge in [0.1, 0.15) is 12.1 Å². The molecule has 2 fully saturated rings. The third kappa shape index (κ3) is 4.87. The normalized spacial score (nSPS) is 25.4. The average Bonchev–Trinajstić information content (AvgIpc) is 3.61. The Morgan fingerprint density at radius 3 is 2.74 bits per heavy atom. The van der Waals surface area contributed by atoms with Crippen molar-refractivity contribution in [3.05, 3.63) is 65.4 Å². The molecule has 4 aliphatic rings. The summed E-state index contributed by atoms with van der Waals surface area (Å²) in [6.07, 6.45) is 9.46. The lowest BCUT2D eigenvalue weighted by Gasteiger charge is -2.33. The van der Waals surface area contributed by atoms with Gasteiger partial charge in [0.2, 0.25) is 11.8 Å². The highest BCUT2D eigenvalue weighted by Crippen LogP contribution is 2.46. The Kier molecular flexibility index (Phi) is 6.89. The van der Waals surface area contributed by atoms with Crippen molar-refractivity contribution in [2.75, 3.05) is 18.9 Å². The van der Waals surface area contributed by atoms with Crippen LogP contribution in [0.4, 0.5) is 5.69 Å². The van der Waals surface area contributed by atoms with Crippen LogP contribution in [-0.2, 0) is 19.8 Å². The monoisotopic (exact) mass is 526 g/mol. The van der Waals surface area contributed by atoms with Crippen LogP contribution >= 0.6 is 0 Å². The number of carbonyl (C=O) groups excluding carboxylic acids is 3. The van der Waals surface area contributed by atoms with E-state index in [1.54, 1.807) is 31.5 Å². The van der Waals surface area contributed by atoms with E-state index < -0.39 is 17.5 Å². The Morgan fingerprint density at radius 2 is 2.05 bits per heavy atom. The Labute approximate surface area is 228 Å². The van der Waals surface area contributed by atoms with Gasteiger partial charge in [0.25, 0.3) is 5.91 Å². The van der Waals surface area contributed by atoms with Crippen LogP contribution in [-0.4, -0.2) is 65.0 Å². The average molecular weight is 527 g/mol. The van der Waals surface area contributed by atoms with E-state index in [0.717, 1.165) is 18.4 Å². The van der Waals surface area contributed by atoms with E-state index in [1.807, 2.05) is 38.1 Å². The van der Waals surface area contributed by atoms with E-state index in [-0.39, 0.29) is 36.6 Å². The zero-order valence-corrected chi connectivity index (χ0v) is 22.5. The van der Waals surface area contributed by atoms with Crippen molar-refractivity contribution >= 4 is 29.1 Å². The molecule has 1 aromatic rings. The second-order valence-corrected chi connectivity index (χ2v) is 11.3. The molecule has 39 heavy (non-hydrogen) atoms. The van der Waals surface area contributed by atoms with Gasteiger partial charge in [0, 0.05) is 49.1 Å². The highest BCUT2D eigenvalue weighted by Gasteiger charge is 2.56. The molecule has 1 aromatic carbocycles. The molecule has 3 N–H and O–H groups in total. The summed E-state index contributed by atoms with van der Waals surface area (Å²) >= 11 is 0. The molecular formula is C30H34N6O3. The highest BCUT2D eigenvalue weighted by atomic mass is 16.2. The van der Waals surface area contributed by atoms with E-state index in [9.17, 15) is 19.6 Å². The summed E-state index contributed by atoms with van der Waals surface area (Å²) < 4.78 is 0. The standard InChI is InChI=1S/C30H34N6O3/c1-18(2)12-26(35(3)27(37)19-8-11-24(32)20(13-19)16-33-21-9-10-21)28(38)36-17-30(14-22(36)15-31)23-6-4-5-7-25(23)34-29(30)39/h4-8,11,13,16,18,21-22,26,32-33H,9-10,12,14,17H2,1-3H3,(H,34,39)/b20-16-,32-24?/t22-,26-,30-/m0/s1. The minimum absolute atomic E-state index is 0.0863. The van der Waals surface area contributed by atoms with Crippen molar-refractivity contribution in [3.8, 4) is 6.07 Å². The van der Waals surface area contributed by atoms with Gasteiger partial charge in [0.05, 0.1) is 17.2 Å². The van der Waals surface area contributed by atoms with Crippen LogP contribution in [0.2, 0.25) is 0 Å². The number of hydrogen-bond acceptors (Lipinski definition) is 6. The number of fused-ring (bicyclic) bond motifs is 2. The Morgan fingerprint density at radius 1 is 1.31 bits per heavy atom. The maximum absolute atomic E-state index is 14.1. The van der Waals surface area contributed by atoms with Crippen molar-refractivity contribution in [1.82, 2.24) is 15.1 Å². The highest BCUT2D eigenvalue weighted by molar-refractivity contribution is 6.13. The first-order valence-electron chi connectivity index (χ1n) is 13.5. The maximum Gasteiger partial charge on any atom is 0.254 e. The quantitative estimate of drug-likeness (QED) is 0.503. The molecule has 0 radical (unpaired) electrons. The van der Waals surface area contributed by atoms with Crippen LogP contribution in [0.15, 0.2) is 59.8 Å². The molecule has 2 heterocycles. The fraction of sp³-hybridized carbons (Fsp3) is 0.433. The van der Waals surface area contributed by atoms with Crippen LogP contribution in [0.5, 0.6) is 0 Å². The number of nitriles is 1.